The normalized spacial score (nSPS) is 13.8. The highest BCUT2D eigenvalue weighted by Gasteiger charge is 2.38. The summed E-state index contributed by atoms with van der Waals surface area (Å²) in [4.78, 5) is 3.49. The maximum Gasteiger partial charge on any atom is 0.416 e. The van der Waals surface area contributed by atoms with Gasteiger partial charge < -0.3 is 5.11 Å². The molecule has 0 radical (unpaired) electrons. The highest BCUT2D eigenvalue weighted by atomic mass is 35.5. The molecule has 0 bridgehead atoms. The minimum absolute atomic E-state index is 0.310. The van der Waals surface area contributed by atoms with Crippen LogP contribution in [0.2, 0.25) is 5.15 Å². The fourth-order valence-corrected chi connectivity index (χ4v) is 2.55. The standard InChI is InChI=1S/C15H10ClF6NO/c16-13-11(10(5-6-23-13)15(20,21)22)12(24)9-4-2-1-3-8(9)7-14(17,18)19/h1-6,12,24H,7H2. The van der Waals surface area contributed by atoms with Gasteiger partial charge in [0.05, 0.1) is 12.0 Å². The lowest BCUT2D eigenvalue weighted by Gasteiger charge is -2.21. The summed E-state index contributed by atoms with van der Waals surface area (Å²) in [7, 11) is 0. The molecule has 0 saturated heterocycles. The molecule has 2 aromatic rings. The Bertz CT molecular complexity index is 729. The summed E-state index contributed by atoms with van der Waals surface area (Å²) in [5.41, 5.74) is -2.68. The molecule has 1 heterocycles. The van der Waals surface area contributed by atoms with Crippen molar-refractivity contribution in [2.75, 3.05) is 0 Å². The second kappa shape index (κ2) is 6.60. The summed E-state index contributed by atoms with van der Waals surface area (Å²) in [5.74, 6) is 0. The first-order valence-corrected chi connectivity index (χ1v) is 6.92. The zero-order valence-corrected chi connectivity index (χ0v) is 12.5. The number of aliphatic hydroxyl groups excluding tert-OH is 1. The van der Waals surface area contributed by atoms with Gasteiger partial charge >= 0.3 is 12.4 Å². The number of benzene rings is 1. The molecule has 1 atom stereocenters. The molecular weight excluding hydrogens is 360 g/mol. The first-order chi connectivity index (χ1) is 11.0. The molecule has 24 heavy (non-hydrogen) atoms. The third kappa shape index (κ3) is 4.18. The number of hydrogen-bond donors (Lipinski definition) is 1. The monoisotopic (exact) mass is 369 g/mol. The van der Waals surface area contributed by atoms with Crippen LogP contribution < -0.4 is 0 Å². The number of halogens is 7. The van der Waals surface area contributed by atoms with E-state index in [4.69, 9.17) is 11.6 Å². The Kier molecular flexibility index (Phi) is 5.10. The van der Waals surface area contributed by atoms with Crippen molar-refractivity contribution >= 4 is 11.6 Å². The van der Waals surface area contributed by atoms with E-state index in [1.165, 1.54) is 12.1 Å². The Morgan fingerprint density at radius 3 is 2.25 bits per heavy atom. The van der Waals surface area contributed by atoms with E-state index in [-0.39, 0.29) is 11.1 Å². The molecule has 1 aromatic heterocycles. The van der Waals surface area contributed by atoms with Crippen LogP contribution in [0.5, 0.6) is 0 Å². The number of pyridine rings is 1. The Morgan fingerprint density at radius 2 is 1.67 bits per heavy atom. The van der Waals surface area contributed by atoms with Crippen LogP contribution in [0.15, 0.2) is 36.5 Å². The van der Waals surface area contributed by atoms with Gasteiger partial charge in [-0.2, -0.15) is 26.3 Å². The van der Waals surface area contributed by atoms with Crippen LogP contribution in [0, 0.1) is 0 Å². The van der Waals surface area contributed by atoms with Crippen LogP contribution in [-0.4, -0.2) is 16.3 Å². The van der Waals surface area contributed by atoms with Gasteiger partial charge in [-0.15, -0.1) is 0 Å². The van der Waals surface area contributed by atoms with Crippen LogP contribution in [0.4, 0.5) is 26.3 Å². The molecule has 130 valence electrons. The summed E-state index contributed by atoms with van der Waals surface area (Å²) in [5, 5.41) is 9.68. The molecule has 0 saturated carbocycles. The third-order valence-electron chi connectivity index (χ3n) is 3.26. The summed E-state index contributed by atoms with van der Waals surface area (Å²) >= 11 is 5.67. The van der Waals surface area contributed by atoms with Crippen molar-refractivity contribution in [2.45, 2.75) is 24.9 Å². The van der Waals surface area contributed by atoms with E-state index >= 15 is 0 Å². The molecule has 0 aliphatic carbocycles. The molecule has 0 spiro atoms. The largest absolute Gasteiger partial charge is 0.416 e. The maximum absolute atomic E-state index is 13.1. The number of aliphatic hydroxyl groups is 1. The highest BCUT2D eigenvalue weighted by Crippen LogP contribution is 2.40. The predicted molar refractivity (Wildman–Crippen MR) is 74.5 cm³/mol. The number of alkyl halides is 6. The average Bonchev–Trinajstić information content (AvgIpc) is 2.44. The SMILES string of the molecule is OC(c1ccccc1CC(F)(F)F)c1c(C(F)(F)F)ccnc1Cl. The zero-order chi connectivity index (χ0) is 18.1. The molecule has 1 N–H and O–H groups in total. The van der Waals surface area contributed by atoms with Gasteiger partial charge in [0, 0.05) is 11.8 Å². The van der Waals surface area contributed by atoms with Gasteiger partial charge in [0.15, 0.2) is 0 Å². The lowest BCUT2D eigenvalue weighted by molar-refractivity contribution is -0.139. The van der Waals surface area contributed by atoms with E-state index in [0.717, 1.165) is 18.3 Å². The number of aromatic nitrogens is 1. The average molecular weight is 370 g/mol. The molecule has 2 rings (SSSR count). The molecule has 0 aliphatic heterocycles. The van der Waals surface area contributed by atoms with Gasteiger partial charge in [0.25, 0.3) is 0 Å². The first-order valence-electron chi connectivity index (χ1n) is 6.55. The molecule has 2 nitrogen and oxygen atoms in total. The van der Waals surface area contributed by atoms with Gasteiger partial charge in [0.1, 0.15) is 11.3 Å². The highest BCUT2D eigenvalue weighted by molar-refractivity contribution is 6.30. The first kappa shape index (κ1) is 18.5. The zero-order valence-electron chi connectivity index (χ0n) is 11.8. The minimum Gasteiger partial charge on any atom is -0.384 e. The molecule has 0 amide bonds. The van der Waals surface area contributed by atoms with E-state index in [9.17, 15) is 31.4 Å². The van der Waals surface area contributed by atoms with Crippen LogP contribution >= 0.6 is 11.6 Å². The molecule has 1 unspecified atom stereocenters. The molecular formula is C15H10ClF6NO. The van der Waals surface area contributed by atoms with Gasteiger partial charge in [-0.1, -0.05) is 35.9 Å². The van der Waals surface area contributed by atoms with Crippen molar-refractivity contribution in [1.82, 2.24) is 4.98 Å². The lowest BCUT2D eigenvalue weighted by atomic mass is 9.93. The van der Waals surface area contributed by atoms with Crippen molar-refractivity contribution in [3.63, 3.8) is 0 Å². The van der Waals surface area contributed by atoms with Crippen molar-refractivity contribution in [1.29, 1.82) is 0 Å². The van der Waals surface area contributed by atoms with Crippen molar-refractivity contribution in [3.8, 4) is 0 Å². The molecule has 0 aliphatic rings. The van der Waals surface area contributed by atoms with Crippen LogP contribution in [0.3, 0.4) is 0 Å². The van der Waals surface area contributed by atoms with E-state index in [1.807, 2.05) is 0 Å². The fourth-order valence-electron chi connectivity index (χ4n) is 2.29. The second-order valence-corrected chi connectivity index (χ2v) is 5.31. The van der Waals surface area contributed by atoms with Gasteiger partial charge in [-0.3, -0.25) is 0 Å². The van der Waals surface area contributed by atoms with E-state index in [2.05, 4.69) is 4.98 Å². The Balaban J connectivity index is 2.57. The van der Waals surface area contributed by atoms with Crippen molar-refractivity contribution < 1.29 is 31.4 Å². The third-order valence-corrected chi connectivity index (χ3v) is 3.56. The predicted octanol–water partition coefficient (Wildman–Crippen LogP) is 4.94. The van der Waals surface area contributed by atoms with Crippen LogP contribution in [0.25, 0.3) is 0 Å². The van der Waals surface area contributed by atoms with Crippen molar-refractivity contribution in [2.24, 2.45) is 0 Å². The topological polar surface area (TPSA) is 33.1 Å². The summed E-state index contributed by atoms with van der Waals surface area (Å²) in [6.07, 6.45) is -12.0. The second-order valence-electron chi connectivity index (χ2n) is 4.95. The smallest absolute Gasteiger partial charge is 0.384 e. The summed E-state index contributed by atoms with van der Waals surface area (Å²) in [6, 6.07) is 5.43. The summed E-state index contributed by atoms with van der Waals surface area (Å²) < 4.78 is 77.2. The van der Waals surface area contributed by atoms with Crippen LogP contribution in [0.1, 0.15) is 28.4 Å². The minimum atomic E-state index is -4.85. The van der Waals surface area contributed by atoms with Gasteiger partial charge in [-0.25, -0.2) is 4.98 Å². The van der Waals surface area contributed by atoms with E-state index in [0.29, 0.717) is 6.07 Å². The van der Waals surface area contributed by atoms with E-state index < -0.39 is 41.2 Å². The fraction of sp³-hybridized carbons (Fsp3) is 0.267. The number of nitrogens with zero attached hydrogens (tertiary/aromatic N) is 1. The molecule has 9 heteroatoms. The Morgan fingerprint density at radius 1 is 1.04 bits per heavy atom. The van der Waals surface area contributed by atoms with Gasteiger partial charge in [0.2, 0.25) is 0 Å². The van der Waals surface area contributed by atoms with Crippen molar-refractivity contribution in [3.05, 3.63) is 63.9 Å². The Labute approximate surface area is 137 Å². The quantitative estimate of drug-likeness (QED) is 0.614. The maximum atomic E-state index is 13.1. The number of hydrogen-bond acceptors (Lipinski definition) is 2. The summed E-state index contributed by atoms with van der Waals surface area (Å²) in [6.45, 7) is 0. The van der Waals surface area contributed by atoms with Crippen LogP contribution in [-0.2, 0) is 12.6 Å². The van der Waals surface area contributed by atoms with E-state index in [1.54, 1.807) is 0 Å². The van der Waals surface area contributed by atoms with Gasteiger partial charge in [-0.05, 0) is 17.2 Å². The number of rotatable bonds is 3. The molecule has 1 aromatic carbocycles. The Hall–Kier alpha value is -1.80. The molecule has 0 fully saturated rings. The lowest BCUT2D eigenvalue weighted by Crippen LogP contribution is -2.17.